The zero-order chi connectivity index (χ0) is 38.1. The van der Waals surface area contributed by atoms with Gasteiger partial charge in [-0.1, -0.05) is 18.2 Å². The number of nitrogens with one attached hydrogen (secondary N) is 2. The quantitative estimate of drug-likeness (QED) is 0.329. The summed E-state index contributed by atoms with van der Waals surface area (Å²) in [6.07, 6.45) is 5.03. The number of hydrogen-bond acceptors (Lipinski definition) is 11. The molecule has 7 aliphatic heterocycles. The summed E-state index contributed by atoms with van der Waals surface area (Å²) in [4.78, 5) is 64.8. The van der Waals surface area contributed by atoms with Crippen molar-refractivity contribution in [1.82, 2.24) is 35.1 Å². The Hall–Kier alpha value is -5.44. The van der Waals surface area contributed by atoms with Crippen LogP contribution >= 0.6 is 0 Å². The van der Waals surface area contributed by atoms with E-state index in [0.29, 0.717) is 74.0 Å². The third-order valence-electron chi connectivity index (χ3n) is 13.4. The van der Waals surface area contributed by atoms with Gasteiger partial charge in [-0.05, 0) is 73.9 Å². The number of anilines is 3. The molecule has 0 saturated carbocycles. The number of imide groups is 1. The van der Waals surface area contributed by atoms with Gasteiger partial charge in [-0.15, -0.1) is 10.2 Å². The van der Waals surface area contributed by atoms with Gasteiger partial charge in [0.25, 0.3) is 5.91 Å². The van der Waals surface area contributed by atoms with Gasteiger partial charge in [0.05, 0.1) is 17.4 Å². The van der Waals surface area contributed by atoms with Crippen LogP contribution in [0.1, 0.15) is 54.4 Å². The number of urea groups is 1. The van der Waals surface area contributed by atoms with Gasteiger partial charge in [-0.2, -0.15) is 0 Å². The highest BCUT2D eigenvalue weighted by Crippen LogP contribution is 2.38. The standard InChI is InChI=1S/C41H48N10O5/c52-36-4-2-1-3-31(36)33-18-35-38(45-44-33)42-19-30-24-47(15-16-49(30)35)41(56)48-22-28-7-8-29(23-48)50(28)20-25-11-13-46(14-12-25)27-6-5-26-21-51(40(55)32(26)17-27)34-9-10-37(53)43-39(34)54/h1-6,17-18,25,28-30,34,52H,7-16,19-24H2,(H,42,45)(H,43,53,54)/t28?,29?,30-,34?/m0/s1. The summed E-state index contributed by atoms with van der Waals surface area (Å²) < 4.78 is 0. The van der Waals surface area contributed by atoms with Gasteiger partial charge in [-0.25, -0.2) is 4.79 Å². The lowest BCUT2D eigenvalue weighted by molar-refractivity contribution is -0.136. The summed E-state index contributed by atoms with van der Waals surface area (Å²) in [5.41, 5.74) is 4.87. The minimum absolute atomic E-state index is 0.121. The lowest BCUT2D eigenvalue weighted by Crippen LogP contribution is -2.63. The molecule has 10 rings (SSSR count). The molecular formula is C41H48N10O5. The molecule has 0 spiro atoms. The first-order chi connectivity index (χ1) is 27.3. The second-order valence-electron chi connectivity index (χ2n) is 16.6. The van der Waals surface area contributed by atoms with Crippen LogP contribution < -0.4 is 20.4 Å². The third kappa shape index (κ3) is 6.16. The molecule has 1 aromatic heterocycles. The number of carbonyl (C=O) groups excluding carboxylic acids is 4. The topological polar surface area (TPSA) is 158 Å². The number of phenolic OH excluding ortho intramolecular Hbond substituents is 1. The third-order valence-corrected chi connectivity index (χ3v) is 13.4. The summed E-state index contributed by atoms with van der Waals surface area (Å²) in [6, 6.07) is 15.7. The number of aromatic nitrogens is 2. The second-order valence-corrected chi connectivity index (χ2v) is 16.6. The Morgan fingerprint density at radius 2 is 1.59 bits per heavy atom. The smallest absolute Gasteiger partial charge is 0.320 e. The largest absolute Gasteiger partial charge is 0.507 e. The molecule has 2 bridgehead atoms. The van der Waals surface area contributed by atoms with Gasteiger partial charge in [-0.3, -0.25) is 24.6 Å². The molecule has 5 fully saturated rings. The highest BCUT2D eigenvalue weighted by atomic mass is 16.3. The van der Waals surface area contributed by atoms with Crippen LogP contribution in [-0.2, 0) is 16.1 Å². The van der Waals surface area contributed by atoms with Crippen molar-refractivity contribution in [3.05, 3.63) is 59.7 Å². The van der Waals surface area contributed by atoms with E-state index in [1.807, 2.05) is 35.2 Å². The van der Waals surface area contributed by atoms with Crippen molar-refractivity contribution < 1.29 is 24.3 Å². The molecule has 4 atom stereocenters. The van der Waals surface area contributed by atoms with Crippen LogP contribution in [0.3, 0.4) is 0 Å². The number of aromatic hydroxyl groups is 1. The number of piperazine rings is 2. The van der Waals surface area contributed by atoms with Crippen molar-refractivity contribution in [3.8, 4) is 17.0 Å². The maximum atomic E-state index is 14.0. The first-order valence-corrected chi connectivity index (χ1v) is 20.3. The molecule has 15 heteroatoms. The van der Waals surface area contributed by atoms with Crippen molar-refractivity contribution >= 4 is 40.9 Å². The van der Waals surface area contributed by atoms with Gasteiger partial charge >= 0.3 is 6.03 Å². The van der Waals surface area contributed by atoms with E-state index in [-0.39, 0.29) is 42.0 Å². The molecule has 5 saturated heterocycles. The number of carbonyl (C=O) groups is 4. The fraction of sp³-hybridized carbons (Fsp3) is 0.512. The normalized spacial score (nSPS) is 26.5. The zero-order valence-corrected chi connectivity index (χ0v) is 31.5. The molecule has 2 aromatic carbocycles. The summed E-state index contributed by atoms with van der Waals surface area (Å²) in [5, 5.41) is 25.0. The maximum Gasteiger partial charge on any atom is 0.320 e. The predicted octanol–water partition coefficient (Wildman–Crippen LogP) is 2.71. The van der Waals surface area contributed by atoms with E-state index >= 15 is 0 Å². The van der Waals surface area contributed by atoms with E-state index < -0.39 is 6.04 Å². The van der Waals surface area contributed by atoms with E-state index in [9.17, 15) is 24.3 Å². The number of piperidine rings is 2. The fourth-order valence-electron chi connectivity index (χ4n) is 10.3. The Morgan fingerprint density at radius 1 is 0.804 bits per heavy atom. The van der Waals surface area contributed by atoms with Crippen molar-refractivity contribution in [2.75, 3.05) is 74.0 Å². The van der Waals surface area contributed by atoms with Crippen LogP contribution in [0.2, 0.25) is 0 Å². The average Bonchev–Trinajstić information content (AvgIpc) is 3.65. The molecule has 3 aromatic rings. The monoisotopic (exact) mass is 760 g/mol. The molecule has 292 valence electrons. The van der Waals surface area contributed by atoms with E-state index in [1.165, 1.54) is 0 Å². The van der Waals surface area contributed by atoms with Crippen molar-refractivity contribution in [2.45, 2.75) is 69.2 Å². The minimum Gasteiger partial charge on any atom is -0.507 e. The van der Waals surface area contributed by atoms with Gasteiger partial charge in [0.2, 0.25) is 11.8 Å². The number of benzene rings is 2. The van der Waals surface area contributed by atoms with E-state index in [4.69, 9.17) is 0 Å². The predicted molar refractivity (Wildman–Crippen MR) is 208 cm³/mol. The molecular weight excluding hydrogens is 713 g/mol. The lowest BCUT2D eigenvalue weighted by Gasteiger charge is -2.48. The number of likely N-dealkylation sites (tertiary alicyclic amines) is 1. The van der Waals surface area contributed by atoms with Crippen LogP contribution in [0, 0.1) is 5.92 Å². The van der Waals surface area contributed by atoms with Crippen molar-refractivity contribution in [1.29, 1.82) is 0 Å². The maximum absolute atomic E-state index is 14.0. The molecule has 8 heterocycles. The van der Waals surface area contributed by atoms with Crippen molar-refractivity contribution in [3.63, 3.8) is 0 Å². The second kappa shape index (κ2) is 13.9. The zero-order valence-electron chi connectivity index (χ0n) is 31.5. The number of amides is 5. The molecule has 0 radical (unpaired) electrons. The molecule has 5 amide bonds. The minimum atomic E-state index is -0.602. The molecule has 0 aliphatic carbocycles. The van der Waals surface area contributed by atoms with Crippen LogP contribution in [0.25, 0.3) is 11.3 Å². The van der Waals surface area contributed by atoms with Crippen LogP contribution in [-0.4, -0.2) is 142 Å². The Bertz CT molecular complexity index is 2070. The van der Waals surface area contributed by atoms with E-state index in [1.54, 1.807) is 17.0 Å². The van der Waals surface area contributed by atoms with Crippen LogP contribution in [0.5, 0.6) is 5.75 Å². The summed E-state index contributed by atoms with van der Waals surface area (Å²) in [6.45, 7) is 7.56. The molecule has 56 heavy (non-hydrogen) atoms. The number of hydrogen-bond donors (Lipinski definition) is 3. The molecule has 3 N–H and O–H groups in total. The molecule has 3 unspecified atom stereocenters. The number of phenols is 1. The van der Waals surface area contributed by atoms with Gasteiger partial charge in [0, 0.05) is 101 Å². The van der Waals surface area contributed by atoms with Crippen LogP contribution in [0.4, 0.5) is 22.0 Å². The average molecular weight is 761 g/mol. The lowest BCUT2D eigenvalue weighted by atomic mass is 9.94. The SMILES string of the molecule is O=C1CCC(N2Cc3ccc(N4CCC(CN5C6CCC5CN(C(=O)N5CCN7c8cc(-c9ccccc9O)nnc8NC[C@H]7C5)C6)CC4)cc3C2=O)C(=O)N1. The van der Waals surface area contributed by atoms with E-state index in [0.717, 1.165) is 81.2 Å². The highest BCUT2D eigenvalue weighted by molar-refractivity contribution is 6.05. The summed E-state index contributed by atoms with van der Waals surface area (Å²) in [7, 11) is 0. The molecule has 7 aliphatic rings. The summed E-state index contributed by atoms with van der Waals surface area (Å²) in [5.74, 6) is 0.701. The van der Waals surface area contributed by atoms with E-state index in [2.05, 4.69) is 46.5 Å². The Kier molecular flexibility index (Phi) is 8.71. The first-order valence-electron chi connectivity index (χ1n) is 20.3. The highest BCUT2D eigenvalue weighted by Gasteiger charge is 2.45. The number of fused-ring (bicyclic) bond motifs is 6. The fourth-order valence-corrected chi connectivity index (χ4v) is 10.3. The molecule has 15 nitrogen and oxygen atoms in total. The Morgan fingerprint density at radius 3 is 2.38 bits per heavy atom. The first kappa shape index (κ1) is 35.0. The number of para-hydroxylation sites is 1. The Labute approximate surface area is 325 Å². The number of rotatable bonds is 5. The van der Waals surface area contributed by atoms with Crippen molar-refractivity contribution in [2.24, 2.45) is 5.92 Å². The van der Waals surface area contributed by atoms with Gasteiger partial charge < -0.3 is 34.9 Å². The number of nitrogens with zero attached hydrogens (tertiary/aromatic N) is 8. The van der Waals surface area contributed by atoms with Gasteiger partial charge in [0.1, 0.15) is 11.8 Å². The Balaban J connectivity index is 0.723. The summed E-state index contributed by atoms with van der Waals surface area (Å²) >= 11 is 0. The van der Waals surface area contributed by atoms with Crippen LogP contribution in [0.15, 0.2) is 48.5 Å². The van der Waals surface area contributed by atoms with Gasteiger partial charge in [0.15, 0.2) is 5.82 Å².